The van der Waals surface area contributed by atoms with Crippen LogP contribution in [0.5, 0.6) is 0 Å². The molecule has 0 atom stereocenters. The van der Waals surface area contributed by atoms with Gasteiger partial charge in [0.15, 0.2) is 0 Å². The topological polar surface area (TPSA) is 90.0 Å². The molecule has 0 bridgehead atoms. The van der Waals surface area contributed by atoms with Crippen LogP contribution < -0.4 is 10.5 Å². The van der Waals surface area contributed by atoms with Crippen molar-refractivity contribution in [2.24, 2.45) is 0 Å². The van der Waals surface area contributed by atoms with Crippen molar-refractivity contribution < 1.29 is 12.8 Å². The summed E-state index contributed by atoms with van der Waals surface area (Å²) in [5.41, 5.74) is 5.38. The number of aromatic nitrogens is 2. The Morgan fingerprint density at radius 1 is 1.37 bits per heavy atom. The number of sulfonamides is 1. The van der Waals surface area contributed by atoms with Crippen molar-refractivity contribution in [1.29, 1.82) is 0 Å². The molecule has 1 aromatic heterocycles. The average Bonchev–Trinajstić information content (AvgIpc) is 2.81. The zero-order valence-corrected chi connectivity index (χ0v) is 10.8. The molecule has 0 saturated carbocycles. The first-order valence-electron chi connectivity index (χ1n) is 5.52. The van der Waals surface area contributed by atoms with Gasteiger partial charge in [0.1, 0.15) is 10.7 Å². The first-order valence-corrected chi connectivity index (χ1v) is 7.00. The molecule has 0 aliphatic carbocycles. The summed E-state index contributed by atoms with van der Waals surface area (Å²) < 4.78 is 41.3. The highest BCUT2D eigenvalue weighted by molar-refractivity contribution is 7.89. The molecule has 2 aromatic rings. The molecule has 0 aliphatic heterocycles. The third kappa shape index (κ3) is 3.09. The Labute approximate surface area is 110 Å². The maximum Gasteiger partial charge on any atom is 0.245 e. The van der Waals surface area contributed by atoms with Gasteiger partial charge in [0.05, 0.1) is 12.2 Å². The molecule has 0 spiro atoms. The molecule has 0 saturated heterocycles. The van der Waals surface area contributed by atoms with E-state index in [1.54, 1.807) is 23.1 Å². The van der Waals surface area contributed by atoms with Crippen molar-refractivity contribution in [2.45, 2.75) is 11.4 Å². The summed E-state index contributed by atoms with van der Waals surface area (Å²) in [5, 5.41) is 3.93. The lowest BCUT2D eigenvalue weighted by Crippen LogP contribution is -2.29. The molecular formula is C11H13FN4O2S. The summed E-state index contributed by atoms with van der Waals surface area (Å²) in [7, 11) is -3.97. The van der Waals surface area contributed by atoms with E-state index in [2.05, 4.69) is 9.82 Å². The number of benzene rings is 1. The lowest BCUT2D eigenvalue weighted by molar-refractivity contribution is 0.546. The highest BCUT2D eigenvalue weighted by Gasteiger charge is 2.21. The molecule has 2 rings (SSSR count). The summed E-state index contributed by atoms with van der Waals surface area (Å²) in [6.07, 6.45) is 3.29. The minimum absolute atomic E-state index is 0.0950. The van der Waals surface area contributed by atoms with Crippen molar-refractivity contribution in [3.63, 3.8) is 0 Å². The van der Waals surface area contributed by atoms with E-state index in [0.717, 1.165) is 6.07 Å². The second-order valence-corrected chi connectivity index (χ2v) is 5.53. The van der Waals surface area contributed by atoms with Gasteiger partial charge in [0.2, 0.25) is 10.0 Å². The molecule has 3 N–H and O–H groups in total. The number of hydrogen-bond acceptors (Lipinski definition) is 4. The van der Waals surface area contributed by atoms with Gasteiger partial charge in [-0.05, 0) is 18.2 Å². The normalized spacial score (nSPS) is 11.6. The Balaban J connectivity index is 2.10. The molecule has 102 valence electrons. The first kappa shape index (κ1) is 13.5. The summed E-state index contributed by atoms with van der Waals surface area (Å²) in [6.45, 7) is 0.443. The van der Waals surface area contributed by atoms with Crippen molar-refractivity contribution in [3.05, 3.63) is 42.5 Å². The number of nitrogens with two attached hydrogens (primary N) is 1. The fraction of sp³-hybridized carbons (Fsp3) is 0.182. The van der Waals surface area contributed by atoms with E-state index in [1.165, 1.54) is 12.1 Å². The van der Waals surface area contributed by atoms with Gasteiger partial charge >= 0.3 is 0 Å². The van der Waals surface area contributed by atoms with Gasteiger partial charge in [-0.15, -0.1) is 0 Å². The number of nitrogens with zero attached hydrogens (tertiary/aromatic N) is 2. The largest absolute Gasteiger partial charge is 0.398 e. The van der Waals surface area contributed by atoms with Crippen LogP contribution in [0, 0.1) is 5.82 Å². The second kappa shape index (κ2) is 5.37. The minimum Gasteiger partial charge on any atom is -0.398 e. The standard InChI is InChI=1S/C11H13FN4O2S/c12-9-3-1-4-10(13)11(9)19(17,18)15-6-8-16-7-2-5-14-16/h1-5,7,15H,6,8,13H2. The van der Waals surface area contributed by atoms with E-state index < -0.39 is 20.7 Å². The molecule has 1 heterocycles. The van der Waals surface area contributed by atoms with Crippen LogP contribution >= 0.6 is 0 Å². The number of nitrogens with one attached hydrogen (secondary N) is 1. The van der Waals surface area contributed by atoms with Crippen molar-refractivity contribution in [1.82, 2.24) is 14.5 Å². The summed E-state index contributed by atoms with van der Waals surface area (Å²) >= 11 is 0. The van der Waals surface area contributed by atoms with Gasteiger partial charge in [0.25, 0.3) is 0 Å². The lowest BCUT2D eigenvalue weighted by atomic mass is 10.3. The van der Waals surface area contributed by atoms with E-state index in [9.17, 15) is 12.8 Å². The minimum atomic E-state index is -3.97. The van der Waals surface area contributed by atoms with Gasteiger partial charge in [-0.2, -0.15) is 5.10 Å². The molecule has 0 aliphatic rings. The van der Waals surface area contributed by atoms with Crippen LogP contribution in [0.2, 0.25) is 0 Å². The summed E-state index contributed by atoms with van der Waals surface area (Å²) in [5.74, 6) is -0.869. The summed E-state index contributed by atoms with van der Waals surface area (Å²) in [4.78, 5) is -0.518. The quantitative estimate of drug-likeness (QED) is 0.786. The van der Waals surface area contributed by atoms with Crippen LogP contribution in [-0.2, 0) is 16.6 Å². The van der Waals surface area contributed by atoms with Crippen molar-refractivity contribution in [2.75, 3.05) is 12.3 Å². The Bertz CT molecular complexity index is 635. The maximum atomic E-state index is 13.5. The first-order chi connectivity index (χ1) is 9.00. The SMILES string of the molecule is Nc1cccc(F)c1S(=O)(=O)NCCn1cccn1. The van der Waals surface area contributed by atoms with Gasteiger partial charge in [-0.25, -0.2) is 17.5 Å². The van der Waals surface area contributed by atoms with Crippen LogP contribution in [0.15, 0.2) is 41.6 Å². The molecule has 8 heteroatoms. The second-order valence-electron chi connectivity index (χ2n) is 3.83. The molecule has 0 amide bonds. The average molecular weight is 284 g/mol. The highest BCUT2D eigenvalue weighted by atomic mass is 32.2. The van der Waals surface area contributed by atoms with Crippen LogP contribution in [0.25, 0.3) is 0 Å². The van der Waals surface area contributed by atoms with Gasteiger partial charge in [0, 0.05) is 18.9 Å². The Kier molecular flexibility index (Phi) is 3.82. The van der Waals surface area contributed by atoms with Gasteiger partial charge < -0.3 is 5.73 Å². The molecule has 1 aromatic carbocycles. The maximum absolute atomic E-state index is 13.5. The van der Waals surface area contributed by atoms with Crippen LogP contribution in [0.4, 0.5) is 10.1 Å². The molecule has 0 radical (unpaired) electrons. The summed E-state index contributed by atoms with van der Waals surface area (Å²) in [6, 6.07) is 5.47. The molecule has 6 nitrogen and oxygen atoms in total. The monoisotopic (exact) mass is 284 g/mol. The lowest BCUT2D eigenvalue weighted by Gasteiger charge is -2.09. The number of anilines is 1. The van der Waals surface area contributed by atoms with Crippen LogP contribution in [0.3, 0.4) is 0 Å². The van der Waals surface area contributed by atoms with E-state index in [-0.39, 0.29) is 12.2 Å². The number of nitrogen functional groups attached to an aromatic ring is 1. The number of halogens is 1. The smallest absolute Gasteiger partial charge is 0.245 e. The van der Waals surface area contributed by atoms with Gasteiger partial charge in [-0.1, -0.05) is 6.07 Å². The van der Waals surface area contributed by atoms with E-state index in [4.69, 9.17) is 5.73 Å². The van der Waals surface area contributed by atoms with Crippen molar-refractivity contribution >= 4 is 15.7 Å². The predicted molar refractivity (Wildman–Crippen MR) is 68.2 cm³/mol. The molecule has 0 unspecified atom stereocenters. The molecular weight excluding hydrogens is 271 g/mol. The third-order valence-electron chi connectivity index (χ3n) is 2.46. The predicted octanol–water partition coefficient (Wildman–Crippen LogP) is 0.583. The Morgan fingerprint density at radius 2 is 2.16 bits per heavy atom. The van der Waals surface area contributed by atoms with E-state index in [1.807, 2.05) is 0 Å². The fourth-order valence-corrected chi connectivity index (χ4v) is 2.82. The fourth-order valence-electron chi connectivity index (χ4n) is 1.61. The number of hydrogen-bond donors (Lipinski definition) is 2. The Morgan fingerprint density at radius 3 is 2.79 bits per heavy atom. The zero-order valence-electron chi connectivity index (χ0n) is 9.95. The van der Waals surface area contributed by atoms with Crippen molar-refractivity contribution in [3.8, 4) is 0 Å². The Hall–Kier alpha value is -1.93. The third-order valence-corrected chi connectivity index (χ3v) is 4.01. The van der Waals surface area contributed by atoms with Crippen LogP contribution in [0.1, 0.15) is 0 Å². The van der Waals surface area contributed by atoms with E-state index >= 15 is 0 Å². The highest BCUT2D eigenvalue weighted by Crippen LogP contribution is 2.20. The zero-order chi connectivity index (χ0) is 13.9. The van der Waals surface area contributed by atoms with Gasteiger partial charge in [-0.3, -0.25) is 4.68 Å². The molecule has 0 fully saturated rings. The van der Waals surface area contributed by atoms with E-state index in [0.29, 0.717) is 6.54 Å². The molecule has 19 heavy (non-hydrogen) atoms. The van der Waals surface area contributed by atoms with Crippen LogP contribution in [-0.4, -0.2) is 24.7 Å². The number of rotatable bonds is 5.